The highest BCUT2D eigenvalue weighted by Crippen LogP contribution is 2.52. The Labute approximate surface area is 191 Å². The van der Waals surface area contributed by atoms with E-state index in [1.54, 1.807) is 0 Å². The van der Waals surface area contributed by atoms with E-state index < -0.39 is 5.82 Å². The Morgan fingerprint density at radius 3 is 2.91 bits per heavy atom. The Hall–Kier alpha value is -1.94. The molecular weight excluding hydrogens is 437 g/mol. The first-order valence-corrected chi connectivity index (χ1v) is 11.6. The van der Waals surface area contributed by atoms with Gasteiger partial charge in [-0.2, -0.15) is 0 Å². The second kappa shape index (κ2) is 8.44. The number of rotatable bonds is 6. The second-order valence-electron chi connectivity index (χ2n) is 9.76. The summed E-state index contributed by atoms with van der Waals surface area (Å²) >= 11 is 5.66. The largest absolute Gasteiger partial charge is 0.484 e. The molecule has 5 aliphatic rings. The van der Waals surface area contributed by atoms with Crippen LogP contribution in [0.1, 0.15) is 26.2 Å². The maximum Gasteiger partial charge on any atom is 0.258 e. The summed E-state index contributed by atoms with van der Waals surface area (Å²) in [5.74, 6) is 0.301. The lowest BCUT2D eigenvalue weighted by molar-refractivity contribution is -0.127. The zero-order valence-corrected chi connectivity index (χ0v) is 18.8. The number of hydrazine groups is 1. The predicted molar refractivity (Wildman–Crippen MR) is 116 cm³/mol. The van der Waals surface area contributed by atoms with Gasteiger partial charge in [-0.1, -0.05) is 18.5 Å². The Morgan fingerprint density at radius 2 is 2.12 bits per heavy atom. The highest BCUT2D eigenvalue weighted by atomic mass is 35.5. The van der Waals surface area contributed by atoms with E-state index in [1.165, 1.54) is 12.1 Å². The smallest absolute Gasteiger partial charge is 0.258 e. The molecule has 1 aromatic rings. The lowest BCUT2D eigenvalue weighted by atomic mass is 9.76. The van der Waals surface area contributed by atoms with Gasteiger partial charge in [-0.05, 0) is 43.2 Å². The molecule has 4 N–H and O–H groups in total. The third-order valence-corrected chi connectivity index (χ3v) is 7.54. The zero-order valence-electron chi connectivity index (χ0n) is 18.0. The quantitative estimate of drug-likeness (QED) is 0.501. The first-order valence-electron chi connectivity index (χ1n) is 11.2. The van der Waals surface area contributed by atoms with E-state index in [0.29, 0.717) is 18.4 Å². The molecule has 8 nitrogen and oxygen atoms in total. The number of carbonyl (C=O) groups is 2. The van der Waals surface area contributed by atoms with Gasteiger partial charge >= 0.3 is 0 Å². The summed E-state index contributed by atoms with van der Waals surface area (Å²) < 4.78 is 18.9. The van der Waals surface area contributed by atoms with Crippen LogP contribution in [0.3, 0.4) is 0 Å². The molecule has 1 aromatic carbocycles. The Balaban J connectivity index is 1.10. The third-order valence-electron chi connectivity index (χ3n) is 7.23. The number of amides is 2. The van der Waals surface area contributed by atoms with Crippen molar-refractivity contribution in [2.45, 2.75) is 43.9 Å². The number of ether oxygens (including phenoxy) is 1. The van der Waals surface area contributed by atoms with Gasteiger partial charge in [0.15, 0.2) is 6.61 Å². The average molecular weight is 466 g/mol. The van der Waals surface area contributed by atoms with Gasteiger partial charge in [0.2, 0.25) is 5.91 Å². The minimum Gasteiger partial charge on any atom is -0.484 e. The summed E-state index contributed by atoms with van der Waals surface area (Å²) in [5.41, 5.74) is 3.06. The van der Waals surface area contributed by atoms with E-state index in [1.807, 2.05) is 0 Å². The SMILES string of the molecule is CC1CNC2C(C(=O)N[C@@H]3CC4(NC(=O)COc5ccc(Cl)c(F)c5)CC3C4)CNN2C1. The second-order valence-corrected chi connectivity index (χ2v) is 10.2. The maximum absolute atomic E-state index is 13.5. The van der Waals surface area contributed by atoms with Crippen molar-refractivity contribution < 1.29 is 18.7 Å². The molecular formula is C22H29ClFN5O3. The van der Waals surface area contributed by atoms with E-state index >= 15 is 0 Å². The molecule has 3 saturated carbocycles. The summed E-state index contributed by atoms with van der Waals surface area (Å²) in [4.78, 5) is 25.4. The van der Waals surface area contributed by atoms with Crippen molar-refractivity contribution >= 4 is 23.4 Å². The summed E-state index contributed by atoms with van der Waals surface area (Å²) in [6, 6.07) is 4.16. The van der Waals surface area contributed by atoms with Crippen LogP contribution in [-0.2, 0) is 9.59 Å². The molecule has 0 aromatic heterocycles. The van der Waals surface area contributed by atoms with Gasteiger partial charge in [-0.15, -0.1) is 0 Å². The lowest BCUT2D eigenvalue weighted by Gasteiger charge is -2.39. The summed E-state index contributed by atoms with van der Waals surface area (Å²) in [6.45, 7) is 4.49. The van der Waals surface area contributed by atoms with Gasteiger partial charge in [0.1, 0.15) is 11.6 Å². The Morgan fingerprint density at radius 1 is 1.31 bits per heavy atom. The zero-order chi connectivity index (χ0) is 22.5. The number of halogens is 2. The van der Waals surface area contributed by atoms with Gasteiger partial charge in [-0.25, -0.2) is 9.40 Å². The molecule has 3 unspecified atom stereocenters. The average Bonchev–Trinajstić information content (AvgIpc) is 3.39. The number of hydrogen-bond donors (Lipinski definition) is 4. The van der Waals surface area contributed by atoms with E-state index in [4.69, 9.17) is 16.3 Å². The normalized spacial score (nSPS) is 35.7. The van der Waals surface area contributed by atoms with Crippen molar-refractivity contribution in [3.05, 3.63) is 29.0 Å². The molecule has 3 aliphatic carbocycles. The molecule has 2 amide bonds. The van der Waals surface area contributed by atoms with Crippen molar-refractivity contribution in [3.8, 4) is 5.75 Å². The topological polar surface area (TPSA) is 94.7 Å². The van der Waals surface area contributed by atoms with Crippen LogP contribution in [0.25, 0.3) is 0 Å². The van der Waals surface area contributed by atoms with E-state index in [-0.39, 0.29) is 52.9 Å². The Kier molecular flexibility index (Phi) is 5.77. The van der Waals surface area contributed by atoms with Crippen molar-refractivity contribution in [1.29, 1.82) is 0 Å². The Bertz CT molecular complexity index is 912. The van der Waals surface area contributed by atoms with Gasteiger partial charge in [0.05, 0.1) is 17.1 Å². The number of carbonyl (C=O) groups excluding carboxylic acids is 2. The van der Waals surface area contributed by atoms with Crippen molar-refractivity contribution in [3.63, 3.8) is 0 Å². The van der Waals surface area contributed by atoms with Crippen LogP contribution in [-0.4, -0.2) is 60.8 Å². The summed E-state index contributed by atoms with van der Waals surface area (Å²) in [7, 11) is 0. The van der Waals surface area contributed by atoms with E-state index in [2.05, 4.69) is 33.3 Å². The van der Waals surface area contributed by atoms with Crippen LogP contribution < -0.4 is 26.1 Å². The summed E-state index contributed by atoms with van der Waals surface area (Å²) in [6.07, 6.45) is 2.47. The molecule has 0 spiro atoms. The monoisotopic (exact) mass is 465 g/mol. The van der Waals surface area contributed by atoms with Gasteiger partial charge < -0.3 is 15.4 Å². The number of nitrogens with zero attached hydrogens (tertiary/aromatic N) is 1. The van der Waals surface area contributed by atoms with Crippen LogP contribution in [0.5, 0.6) is 5.75 Å². The number of fused-ring (bicyclic) bond motifs is 2. The molecule has 4 atom stereocenters. The lowest BCUT2D eigenvalue weighted by Crippen LogP contribution is -2.57. The molecule has 6 rings (SSSR count). The highest BCUT2D eigenvalue weighted by Gasteiger charge is 2.57. The van der Waals surface area contributed by atoms with Crippen molar-refractivity contribution in [2.75, 3.05) is 26.2 Å². The molecule has 2 bridgehead atoms. The maximum atomic E-state index is 13.5. The van der Waals surface area contributed by atoms with Crippen LogP contribution in [0.2, 0.25) is 5.02 Å². The fourth-order valence-electron chi connectivity index (χ4n) is 5.67. The van der Waals surface area contributed by atoms with Crippen LogP contribution >= 0.6 is 11.6 Å². The molecule has 5 fully saturated rings. The molecule has 2 saturated heterocycles. The van der Waals surface area contributed by atoms with Crippen LogP contribution in [0, 0.1) is 23.6 Å². The highest BCUT2D eigenvalue weighted by molar-refractivity contribution is 6.30. The first-order chi connectivity index (χ1) is 15.3. The fraction of sp³-hybridized carbons (Fsp3) is 0.636. The van der Waals surface area contributed by atoms with Gasteiger partial charge in [0, 0.05) is 37.3 Å². The number of nitrogens with one attached hydrogen (secondary N) is 4. The minimum atomic E-state index is -0.585. The van der Waals surface area contributed by atoms with Gasteiger partial charge in [0.25, 0.3) is 5.91 Å². The summed E-state index contributed by atoms with van der Waals surface area (Å²) in [5, 5.41) is 11.9. The molecule has 2 aliphatic heterocycles. The molecule has 2 heterocycles. The van der Waals surface area contributed by atoms with E-state index in [0.717, 1.165) is 38.4 Å². The fourth-order valence-corrected chi connectivity index (χ4v) is 5.79. The molecule has 0 radical (unpaired) electrons. The predicted octanol–water partition coefficient (Wildman–Crippen LogP) is 1.01. The first kappa shape index (κ1) is 21.9. The standard InChI is InChI=1S/C22H29ClFN5O3/c1-12-8-25-20-15(9-26-29(20)10-12)21(31)27-18-7-22(5-13(18)6-22)28-19(30)11-32-14-2-3-16(23)17(24)4-14/h2-4,12-13,15,18,20,25-26H,5-11H2,1H3,(H,27,31)(H,28,30)/t12?,13?,15?,18-,20?,22?/m1/s1. The van der Waals surface area contributed by atoms with E-state index in [9.17, 15) is 14.0 Å². The molecule has 10 heteroatoms. The van der Waals surface area contributed by atoms with Gasteiger partial charge in [-0.3, -0.25) is 20.3 Å². The number of hydrogen-bond acceptors (Lipinski definition) is 6. The molecule has 32 heavy (non-hydrogen) atoms. The number of benzene rings is 1. The minimum absolute atomic E-state index is 0.00941. The van der Waals surface area contributed by atoms with Crippen molar-refractivity contribution in [2.24, 2.45) is 17.8 Å². The molecule has 174 valence electrons. The third kappa shape index (κ3) is 4.19. The van der Waals surface area contributed by atoms with Crippen LogP contribution in [0.4, 0.5) is 4.39 Å². The van der Waals surface area contributed by atoms with Crippen molar-refractivity contribution in [1.82, 2.24) is 26.4 Å². The van der Waals surface area contributed by atoms with Crippen LogP contribution in [0.15, 0.2) is 18.2 Å².